The van der Waals surface area contributed by atoms with Crippen molar-refractivity contribution >= 4 is 17.5 Å². The van der Waals surface area contributed by atoms with E-state index in [-0.39, 0.29) is 5.91 Å². The minimum atomic E-state index is -0.206. The molecule has 0 spiro atoms. The number of carbonyl (C=O) groups is 1. The number of anilines is 2. The lowest BCUT2D eigenvalue weighted by atomic mass is 9.96. The smallest absolute Gasteiger partial charge is 0.274 e. The minimum absolute atomic E-state index is 0.206. The molecule has 1 aromatic carbocycles. The number of benzene rings is 1. The van der Waals surface area contributed by atoms with Crippen LogP contribution < -0.4 is 10.6 Å². The Morgan fingerprint density at radius 1 is 1.12 bits per heavy atom. The highest BCUT2D eigenvalue weighted by Crippen LogP contribution is 2.24. The fourth-order valence-electron chi connectivity index (χ4n) is 3.28. The average Bonchev–Trinajstić information content (AvgIpc) is 2.63. The molecule has 2 aromatic rings. The zero-order valence-corrected chi connectivity index (χ0v) is 15.0. The highest BCUT2D eigenvalue weighted by molar-refractivity contribution is 6.03. The molecule has 5 heteroatoms. The zero-order chi connectivity index (χ0) is 17.6. The van der Waals surface area contributed by atoms with Crippen LogP contribution in [0.3, 0.4) is 0 Å². The van der Waals surface area contributed by atoms with E-state index in [1.54, 1.807) is 12.3 Å². The highest BCUT2D eigenvalue weighted by atomic mass is 16.1. The highest BCUT2D eigenvalue weighted by Gasteiger charge is 2.16. The van der Waals surface area contributed by atoms with Crippen molar-refractivity contribution in [3.63, 3.8) is 0 Å². The predicted molar refractivity (Wildman–Crippen MR) is 101 cm³/mol. The number of para-hydroxylation sites is 1. The van der Waals surface area contributed by atoms with Crippen LogP contribution in [0.25, 0.3) is 0 Å². The van der Waals surface area contributed by atoms with Gasteiger partial charge in [0.1, 0.15) is 5.69 Å². The van der Waals surface area contributed by atoms with Crippen LogP contribution in [0, 0.1) is 0 Å². The summed E-state index contributed by atoms with van der Waals surface area (Å²) < 4.78 is 0. The molecule has 3 rings (SSSR count). The number of nitrogens with one attached hydrogen (secondary N) is 2. The van der Waals surface area contributed by atoms with Crippen LogP contribution in [0.5, 0.6) is 0 Å². The number of amides is 1. The van der Waals surface area contributed by atoms with E-state index in [1.165, 1.54) is 19.3 Å². The van der Waals surface area contributed by atoms with Crippen molar-refractivity contribution < 1.29 is 4.79 Å². The van der Waals surface area contributed by atoms with Crippen molar-refractivity contribution in [1.82, 2.24) is 9.97 Å². The predicted octanol–water partition coefficient (Wildman–Crippen LogP) is 4.60. The molecule has 0 aliphatic heterocycles. The fourth-order valence-corrected chi connectivity index (χ4v) is 3.28. The van der Waals surface area contributed by atoms with E-state index < -0.39 is 0 Å². The molecule has 0 atom stereocenters. The lowest BCUT2D eigenvalue weighted by molar-refractivity contribution is 0.102. The molecule has 1 aromatic heterocycles. The van der Waals surface area contributed by atoms with Crippen molar-refractivity contribution in [3.05, 3.63) is 47.8 Å². The van der Waals surface area contributed by atoms with E-state index in [0.717, 1.165) is 24.1 Å². The molecule has 1 fully saturated rings. The number of aromatic nitrogens is 2. The van der Waals surface area contributed by atoms with Gasteiger partial charge in [-0.3, -0.25) is 4.79 Å². The summed E-state index contributed by atoms with van der Waals surface area (Å²) >= 11 is 0. The summed E-state index contributed by atoms with van der Waals surface area (Å²) in [5, 5.41) is 6.35. The average molecular weight is 338 g/mol. The molecule has 0 unspecified atom stereocenters. The zero-order valence-electron chi connectivity index (χ0n) is 15.0. The van der Waals surface area contributed by atoms with E-state index >= 15 is 0 Å². The van der Waals surface area contributed by atoms with Crippen molar-refractivity contribution in [2.24, 2.45) is 0 Å². The van der Waals surface area contributed by atoms with Gasteiger partial charge >= 0.3 is 0 Å². The van der Waals surface area contributed by atoms with E-state index in [0.29, 0.717) is 23.6 Å². The van der Waals surface area contributed by atoms with Crippen LogP contribution in [0.1, 0.15) is 67.9 Å². The SMILES string of the molecule is CC(C)c1ccccc1NC(=O)c1ccnc(NC2CCCCC2)n1. The van der Waals surface area contributed by atoms with Gasteiger partial charge in [-0.2, -0.15) is 0 Å². The van der Waals surface area contributed by atoms with Gasteiger partial charge < -0.3 is 10.6 Å². The van der Waals surface area contributed by atoms with Gasteiger partial charge in [0.15, 0.2) is 0 Å². The van der Waals surface area contributed by atoms with Gasteiger partial charge in [-0.15, -0.1) is 0 Å². The van der Waals surface area contributed by atoms with Crippen LogP contribution in [0.15, 0.2) is 36.5 Å². The van der Waals surface area contributed by atoms with Gasteiger partial charge in [0, 0.05) is 17.9 Å². The molecule has 1 amide bonds. The molecule has 1 aliphatic carbocycles. The molecule has 1 aliphatic rings. The number of nitrogens with zero attached hydrogens (tertiary/aromatic N) is 2. The van der Waals surface area contributed by atoms with E-state index in [9.17, 15) is 4.79 Å². The Hall–Kier alpha value is -2.43. The Morgan fingerprint density at radius 2 is 1.88 bits per heavy atom. The lowest BCUT2D eigenvalue weighted by Crippen LogP contribution is -2.24. The standard InChI is InChI=1S/C20H26N4O/c1-14(2)16-10-6-7-11-17(16)23-19(25)18-12-13-21-20(24-18)22-15-8-4-3-5-9-15/h6-7,10-15H,3-5,8-9H2,1-2H3,(H,23,25)(H,21,22,24). The summed E-state index contributed by atoms with van der Waals surface area (Å²) in [6, 6.07) is 9.94. The molecular weight excluding hydrogens is 312 g/mol. The molecule has 25 heavy (non-hydrogen) atoms. The van der Waals surface area contributed by atoms with Crippen LogP contribution in [-0.4, -0.2) is 21.9 Å². The third kappa shape index (κ3) is 4.56. The lowest BCUT2D eigenvalue weighted by Gasteiger charge is -2.22. The number of rotatable bonds is 5. The second-order valence-electron chi connectivity index (χ2n) is 6.94. The second kappa shape index (κ2) is 8.10. The van der Waals surface area contributed by atoms with Crippen LogP contribution in [0.2, 0.25) is 0 Å². The number of hydrogen-bond donors (Lipinski definition) is 2. The summed E-state index contributed by atoms with van der Waals surface area (Å²) in [6.45, 7) is 4.23. The largest absolute Gasteiger partial charge is 0.351 e. The Balaban J connectivity index is 1.71. The first kappa shape index (κ1) is 17.4. The van der Waals surface area contributed by atoms with Gasteiger partial charge in [-0.1, -0.05) is 51.3 Å². The van der Waals surface area contributed by atoms with E-state index in [1.807, 2.05) is 24.3 Å². The Labute approximate surface area is 149 Å². The quantitative estimate of drug-likeness (QED) is 0.836. The normalized spacial score (nSPS) is 15.2. The summed E-state index contributed by atoms with van der Waals surface area (Å²) in [5.41, 5.74) is 2.33. The van der Waals surface area contributed by atoms with Crippen molar-refractivity contribution in [2.45, 2.75) is 57.9 Å². The van der Waals surface area contributed by atoms with E-state index in [4.69, 9.17) is 0 Å². The summed E-state index contributed by atoms with van der Waals surface area (Å²) in [5.74, 6) is 0.671. The molecule has 132 valence electrons. The topological polar surface area (TPSA) is 66.9 Å². The Kier molecular flexibility index (Phi) is 5.64. The second-order valence-corrected chi connectivity index (χ2v) is 6.94. The minimum Gasteiger partial charge on any atom is -0.351 e. The van der Waals surface area contributed by atoms with Crippen LogP contribution >= 0.6 is 0 Å². The van der Waals surface area contributed by atoms with Gasteiger partial charge in [0.05, 0.1) is 0 Å². The summed E-state index contributed by atoms with van der Waals surface area (Å²) in [6.07, 6.45) is 7.70. The summed E-state index contributed by atoms with van der Waals surface area (Å²) in [4.78, 5) is 21.3. The fraction of sp³-hybridized carbons (Fsp3) is 0.450. The number of carbonyl (C=O) groups excluding carboxylic acids is 1. The molecule has 2 N–H and O–H groups in total. The molecule has 1 saturated carbocycles. The maximum atomic E-state index is 12.6. The monoisotopic (exact) mass is 338 g/mol. The third-order valence-electron chi connectivity index (χ3n) is 4.66. The third-order valence-corrected chi connectivity index (χ3v) is 4.66. The molecule has 0 radical (unpaired) electrons. The maximum Gasteiger partial charge on any atom is 0.274 e. The molecule has 5 nitrogen and oxygen atoms in total. The van der Waals surface area contributed by atoms with Gasteiger partial charge in [0.2, 0.25) is 5.95 Å². The summed E-state index contributed by atoms with van der Waals surface area (Å²) in [7, 11) is 0. The molecule has 1 heterocycles. The van der Waals surface area contributed by atoms with Crippen LogP contribution in [0.4, 0.5) is 11.6 Å². The van der Waals surface area contributed by atoms with Gasteiger partial charge in [-0.25, -0.2) is 9.97 Å². The first-order chi connectivity index (χ1) is 12.1. The molecule has 0 bridgehead atoms. The van der Waals surface area contributed by atoms with E-state index in [2.05, 4.69) is 34.4 Å². The number of hydrogen-bond acceptors (Lipinski definition) is 4. The molecular formula is C20H26N4O. The first-order valence-corrected chi connectivity index (χ1v) is 9.13. The van der Waals surface area contributed by atoms with Gasteiger partial charge in [0.25, 0.3) is 5.91 Å². The Morgan fingerprint density at radius 3 is 2.64 bits per heavy atom. The molecule has 0 saturated heterocycles. The van der Waals surface area contributed by atoms with Crippen molar-refractivity contribution in [2.75, 3.05) is 10.6 Å². The maximum absolute atomic E-state index is 12.6. The van der Waals surface area contributed by atoms with Crippen LogP contribution in [-0.2, 0) is 0 Å². The Bertz CT molecular complexity index is 723. The first-order valence-electron chi connectivity index (χ1n) is 9.13. The van der Waals surface area contributed by atoms with Crippen molar-refractivity contribution in [1.29, 1.82) is 0 Å². The van der Waals surface area contributed by atoms with Crippen molar-refractivity contribution in [3.8, 4) is 0 Å². The van der Waals surface area contributed by atoms with Gasteiger partial charge in [-0.05, 0) is 36.5 Å².